The molecule has 0 radical (unpaired) electrons. The van der Waals surface area contributed by atoms with Gasteiger partial charge in [0.1, 0.15) is 0 Å². The van der Waals surface area contributed by atoms with Gasteiger partial charge in [0.15, 0.2) is 5.82 Å². The van der Waals surface area contributed by atoms with Crippen LogP contribution in [0.2, 0.25) is 0 Å². The van der Waals surface area contributed by atoms with Crippen molar-refractivity contribution in [1.82, 2.24) is 14.5 Å². The molecule has 0 saturated carbocycles. The maximum Gasteiger partial charge on any atom is 0.419 e. The maximum absolute atomic E-state index is 12.6. The maximum atomic E-state index is 12.6. The van der Waals surface area contributed by atoms with Crippen LogP contribution in [0.15, 0.2) is 88.4 Å². The summed E-state index contributed by atoms with van der Waals surface area (Å²) in [7, 11) is 0. The zero-order valence-electron chi connectivity index (χ0n) is 16.5. The van der Waals surface area contributed by atoms with E-state index in [9.17, 15) is 19.2 Å². The highest BCUT2D eigenvalue weighted by atomic mass is 79.9. The number of rotatable bonds is 0. The molecule has 10 heteroatoms. The van der Waals surface area contributed by atoms with Crippen LogP contribution in [-0.4, -0.2) is 20.3 Å². The second kappa shape index (κ2) is 8.05. The van der Waals surface area contributed by atoms with E-state index in [0.29, 0.717) is 33.1 Å². The number of benzene rings is 3. The molecule has 162 valence electrons. The van der Waals surface area contributed by atoms with Gasteiger partial charge in [0, 0.05) is 8.95 Å². The third-order valence-electron chi connectivity index (χ3n) is 5.05. The number of hydrogen-bond donors (Lipinski definition) is 1. The highest BCUT2D eigenvalue weighted by Gasteiger charge is 2.29. The predicted octanol–water partition coefficient (Wildman–Crippen LogP) is 3.94. The van der Waals surface area contributed by atoms with Gasteiger partial charge in [0.2, 0.25) is 5.78 Å². The second-order valence-electron chi connectivity index (χ2n) is 7.08. The Bertz CT molecular complexity index is 1790. The highest BCUT2D eigenvalue weighted by molar-refractivity contribution is 9.10. The minimum absolute atomic E-state index is 0.186. The zero-order valence-corrected chi connectivity index (χ0v) is 19.6. The summed E-state index contributed by atoms with van der Waals surface area (Å²) in [6.07, 6.45) is 0. The van der Waals surface area contributed by atoms with Crippen molar-refractivity contribution in [3.05, 3.63) is 112 Å². The lowest BCUT2D eigenvalue weighted by Crippen LogP contribution is -2.21. The number of nitrogens with zero attached hydrogens (tertiary/aromatic N) is 2. The zero-order chi connectivity index (χ0) is 23.3. The molecule has 8 nitrogen and oxygen atoms in total. The Morgan fingerprint density at radius 3 is 2.33 bits per heavy atom. The Labute approximate surface area is 200 Å². The van der Waals surface area contributed by atoms with Gasteiger partial charge in [-0.3, -0.25) is 19.1 Å². The fourth-order valence-electron chi connectivity index (χ4n) is 3.58. The summed E-state index contributed by atoms with van der Waals surface area (Å²) in [5.74, 6) is -0.756. The van der Waals surface area contributed by atoms with Crippen molar-refractivity contribution < 1.29 is 9.21 Å². The van der Waals surface area contributed by atoms with Crippen molar-refractivity contribution in [1.29, 1.82) is 0 Å². The molecule has 0 amide bonds. The molecule has 3 heterocycles. The number of aromatic nitrogens is 3. The quantitative estimate of drug-likeness (QED) is 0.297. The summed E-state index contributed by atoms with van der Waals surface area (Å²) in [6, 6.07) is 17.3. The number of ketones is 1. The van der Waals surface area contributed by atoms with E-state index in [2.05, 4.69) is 46.2 Å². The summed E-state index contributed by atoms with van der Waals surface area (Å²) >= 11 is 6.56. The van der Waals surface area contributed by atoms with Crippen LogP contribution in [0.3, 0.4) is 0 Å². The van der Waals surface area contributed by atoms with Gasteiger partial charge < -0.3 is 4.42 Å². The van der Waals surface area contributed by atoms with Crippen molar-refractivity contribution >= 4 is 59.4 Å². The van der Waals surface area contributed by atoms with E-state index < -0.39 is 11.4 Å². The van der Waals surface area contributed by atoms with Crippen LogP contribution >= 0.6 is 31.9 Å². The van der Waals surface area contributed by atoms with Crippen LogP contribution in [-0.2, 0) is 0 Å². The van der Waals surface area contributed by atoms with E-state index in [1.165, 1.54) is 4.57 Å². The fraction of sp³-hybridized carbons (Fsp3) is 0. The number of fused-ring (bicyclic) bond motifs is 5. The van der Waals surface area contributed by atoms with E-state index in [1.807, 2.05) is 0 Å². The number of para-hydroxylation sites is 1. The van der Waals surface area contributed by atoms with Gasteiger partial charge in [0.05, 0.1) is 33.1 Å². The molecule has 2 aromatic heterocycles. The summed E-state index contributed by atoms with van der Waals surface area (Å²) in [5.41, 5.74) is 1.29. The van der Waals surface area contributed by atoms with Gasteiger partial charge in [-0.15, -0.1) is 0 Å². The summed E-state index contributed by atoms with van der Waals surface area (Å²) in [6.45, 7) is 0. The normalized spacial score (nSPS) is 11.8. The minimum atomic E-state index is -0.736. The van der Waals surface area contributed by atoms with Crippen molar-refractivity contribution in [2.24, 2.45) is 0 Å². The van der Waals surface area contributed by atoms with Crippen LogP contribution in [0.1, 0.15) is 16.2 Å². The number of carbonyl (C=O) groups is 1. The van der Waals surface area contributed by atoms with Crippen LogP contribution in [0, 0.1) is 0 Å². The van der Waals surface area contributed by atoms with Gasteiger partial charge >= 0.3 is 11.4 Å². The first-order chi connectivity index (χ1) is 15.8. The molecule has 1 aliphatic heterocycles. The molecule has 1 N–H and O–H groups in total. The molecule has 0 bridgehead atoms. The van der Waals surface area contributed by atoms with Crippen molar-refractivity contribution in [3.63, 3.8) is 0 Å². The molecule has 33 heavy (non-hydrogen) atoms. The number of H-pyrrole nitrogens is 1. The standard InChI is InChI=1S/C15H7BrN2O2.C8H4BrNO3/c16-8-5-6-11-10(7-8)15(20)18-12-4-2-1-3-9(12)13(19)14(18)17-11;9-4-1-2-6-5(3-4)7(11)13-8(12)10-6/h1-7H;1-3H,(H,10,12). The minimum Gasteiger partial charge on any atom is -0.372 e. The summed E-state index contributed by atoms with van der Waals surface area (Å²) < 4.78 is 7.32. The smallest absolute Gasteiger partial charge is 0.372 e. The van der Waals surface area contributed by atoms with Crippen LogP contribution in [0.25, 0.3) is 27.5 Å². The van der Waals surface area contributed by atoms with Crippen LogP contribution in [0.5, 0.6) is 0 Å². The van der Waals surface area contributed by atoms with Gasteiger partial charge in [0.25, 0.3) is 5.56 Å². The lowest BCUT2D eigenvalue weighted by molar-refractivity contribution is 0.103. The molecule has 5 aromatic rings. The SMILES string of the molecule is O=C1c2ccccc2-n2c1nc1ccc(Br)cc1c2=O.O=c1[nH]c2ccc(Br)cc2c(=O)o1. The first-order valence-electron chi connectivity index (χ1n) is 9.52. The molecule has 6 rings (SSSR count). The fourth-order valence-corrected chi connectivity index (χ4v) is 4.31. The van der Waals surface area contributed by atoms with Crippen LogP contribution < -0.4 is 16.9 Å². The third kappa shape index (κ3) is 3.66. The summed E-state index contributed by atoms with van der Waals surface area (Å²) in [5, 5.41) is 0.849. The first-order valence-corrected chi connectivity index (χ1v) is 11.1. The number of carbonyl (C=O) groups excluding carboxylic acids is 1. The monoisotopic (exact) mass is 567 g/mol. The number of halogens is 2. The average molecular weight is 569 g/mol. The number of nitrogens with one attached hydrogen (secondary N) is 1. The van der Waals surface area contributed by atoms with Crippen LogP contribution in [0.4, 0.5) is 0 Å². The predicted molar refractivity (Wildman–Crippen MR) is 129 cm³/mol. The molecule has 0 unspecified atom stereocenters. The summed E-state index contributed by atoms with van der Waals surface area (Å²) in [4.78, 5) is 53.6. The van der Waals surface area contributed by atoms with Crippen molar-refractivity contribution in [2.75, 3.05) is 0 Å². The Balaban J connectivity index is 0.000000152. The van der Waals surface area contributed by atoms with Crippen molar-refractivity contribution in [2.45, 2.75) is 0 Å². The third-order valence-corrected chi connectivity index (χ3v) is 6.03. The molecular weight excluding hydrogens is 558 g/mol. The van der Waals surface area contributed by atoms with E-state index in [-0.39, 0.29) is 17.2 Å². The van der Waals surface area contributed by atoms with E-state index in [4.69, 9.17) is 0 Å². The Morgan fingerprint density at radius 1 is 0.848 bits per heavy atom. The van der Waals surface area contributed by atoms with Gasteiger partial charge in [-0.25, -0.2) is 14.6 Å². The highest BCUT2D eigenvalue weighted by Crippen LogP contribution is 2.26. The Kier molecular flexibility index (Phi) is 5.18. The molecular formula is C23H11Br2N3O5. The first kappa shape index (κ1) is 21.2. The molecule has 1 aliphatic rings. The van der Waals surface area contributed by atoms with Gasteiger partial charge in [-0.2, -0.15) is 0 Å². The lowest BCUT2D eigenvalue weighted by Gasteiger charge is -2.05. The lowest BCUT2D eigenvalue weighted by atomic mass is 10.1. The van der Waals surface area contributed by atoms with Gasteiger partial charge in [-0.1, -0.05) is 44.0 Å². The number of hydrogen-bond acceptors (Lipinski definition) is 6. The molecule has 0 fully saturated rings. The van der Waals surface area contributed by atoms with E-state index >= 15 is 0 Å². The second-order valence-corrected chi connectivity index (χ2v) is 8.91. The van der Waals surface area contributed by atoms with E-state index in [0.717, 1.165) is 8.95 Å². The molecule has 0 aliphatic carbocycles. The largest absolute Gasteiger partial charge is 0.419 e. The molecule has 0 saturated heterocycles. The Morgan fingerprint density at radius 2 is 1.55 bits per heavy atom. The van der Waals surface area contributed by atoms with Gasteiger partial charge in [-0.05, 0) is 48.5 Å². The molecule has 3 aromatic carbocycles. The molecule has 0 atom stereocenters. The Hall–Kier alpha value is -3.63. The molecule has 0 spiro atoms. The van der Waals surface area contributed by atoms with Crippen molar-refractivity contribution in [3.8, 4) is 5.69 Å². The topological polar surface area (TPSA) is 115 Å². The average Bonchev–Trinajstić information content (AvgIpc) is 3.08. The van der Waals surface area contributed by atoms with E-state index in [1.54, 1.807) is 60.7 Å². The number of aromatic amines is 1.